The van der Waals surface area contributed by atoms with Crippen molar-refractivity contribution in [2.75, 3.05) is 0 Å². The highest BCUT2D eigenvalue weighted by molar-refractivity contribution is 5.66. The molecule has 14 heavy (non-hydrogen) atoms. The van der Waals surface area contributed by atoms with E-state index < -0.39 is 11.8 Å². The standard InChI is InChI=1S/C10H14O4/c11-5-1-3-9(7-13)10(8-14)4-2-6-12/h5-10H,1-4H2. The quantitative estimate of drug-likeness (QED) is 0.508. The predicted octanol–water partition coefficient (Wildman–Crippen LogP) is 0.575. The van der Waals surface area contributed by atoms with Gasteiger partial charge in [-0.15, -0.1) is 0 Å². The minimum atomic E-state index is -0.433. The summed E-state index contributed by atoms with van der Waals surface area (Å²) in [6, 6.07) is 0. The van der Waals surface area contributed by atoms with Crippen molar-refractivity contribution in [1.29, 1.82) is 0 Å². The lowest BCUT2D eigenvalue weighted by atomic mass is 9.87. The van der Waals surface area contributed by atoms with E-state index in [0.29, 0.717) is 25.4 Å². The third-order valence-electron chi connectivity index (χ3n) is 2.14. The van der Waals surface area contributed by atoms with E-state index in [0.717, 1.165) is 12.6 Å². The fourth-order valence-corrected chi connectivity index (χ4v) is 1.29. The Balaban J connectivity index is 4.12. The molecule has 0 amide bonds. The van der Waals surface area contributed by atoms with Crippen LogP contribution in [-0.4, -0.2) is 25.1 Å². The van der Waals surface area contributed by atoms with Crippen molar-refractivity contribution in [1.82, 2.24) is 0 Å². The van der Waals surface area contributed by atoms with Crippen molar-refractivity contribution in [3.63, 3.8) is 0 Å². The zero-order valence-electron chi connectivity index (χ0n) is 7.93. The molecule has 0 N–H and O–H groups in total. The maximum absolute atomic E-state index is 10.6. The lowest BCUT2D eigenvalue weighted by Gasteiger charge is -2.14. The van der Waals surface area contributed by atoms with E-state index in [1.165, 1.54) is 0 Å². The first-order chi connectivity index (χ1) is 6.79. The summed E-state index contributed by atoms with van der Waals surface area (Å²) in [5, 5.41) is 0. The van der Waals surface area contributed by atoms with E-state index in [4.69, 9.17) is 0 Å². The van der Waals surface area contributed by atoms with E-state index in [1.807, 2.05) is 0 Å². The van der Waals surface area contributed by atoms with Crippen molar-refractivity contribution < 1.29 is 19.2 Å². The molecule has 0 saturated heterocycles. The van der Waals surface area contributed by atoms with Crippen LogP contribution in [0, 0.1) is 11.8 Å². The van der Waals surface area contributed by atoms with Gasteiger partial charge in [-0.05, 0) is 12.8 Å². The molecule has 0 aliphatic carbocycles. The summed E-state index contributed by atoms with van der Waals surface area (Å²) in [5.41, 5.74) is 0. The molecule has 0 heterocycles. The van der Waals surface area contributed by atoms with Crippen LogP contribution in [0.4, 0.5) is 0 Å². The van der Waals surface area contributed by atoms with Gasteiger partial charge >= 0.3 is 0 Å². The Kier molecular flexibility index (Phi) is 7.50. The van der Waals surface area contributed by atoms with E-state index in [-0.39, 0.29) is 12.8 Å². The van der Waals surface area contributed by atoms with Gasteiger partial charge in [0.25, 0.3) is 0 Å². The summed E-state index contributed by atoms with van der Waals surface area (Å²) >= 11 is 0. The van der Waals surface area contributed by atoms with Crippen LogP contribution >= 0.6 is 0 Å². The molecule has 0 saturated carbocycles. The first-order valence-corrected chi connectivity index (χ1v) is 4.58. The van der Waals surface area contributed by atoms with Crippen molar-refractivity contribution >= 4 is 25.1 Å². The summed E-state index contributed by atoms with van der Waals surface area (Å²) in [4.78, 5) is 41.4. The fraction of sp³-hybridized carbons (Fsp3) is 0.600. The maximum atomic E-state index is 10.6. The van der Waals surface area contributed by atoms with Crippen LogP contribution in [0.15, 0.2) is 0 Å². The largest absolute Gasteiger partial charge is 0.303 e. The molecule has 2 atom stereocenters. The Morgan fingerprint density at radius 1 is 0.714 bits per heavy atom. The highest BCUT2D eigenvalue weighted by Gasteiger charge is 2.19. The minimum absolute atomic E-state index is 0.273. The summed E-state index contributed by atoms with van der Waals surface area (Å²) in [6.45, 7) is 0. The molecule has 0 aliphatic heterocycles. The molecular weight excluding hydrogens is 184 g/mol. The van der Waals surface area contributed by atoms with Crippen LogP contribution < -0.4 is 0 Å². The SMILES string of the molecule is O=CCCC(C=O)C(C=O)CCC=O. The van der Waals surface area contributed by atoms with Gasteiger partial charge in [-0.3, -0.25) is 0 Å². The molecule has 0 spiro atoms. The van der Waals surface area contributed by atoms with Crippen LogP contribution in [0.3, 0.4) is 0 Å². The Hall–Kier alpha value is -1.32. The first kappa shape index (κ1) is 12.7. The van der Waals surface area contributed by atoms with E-state index in [1.54, 1.807) is 0 Å². The monoisotopic (exact) mass is 198 g/mol. The number of rotatable bonds is 9. The van der Waals surface area contributed by atoms with Crippen LogP contribution in [0.25, 0.3) is 0 Å². The Bertz CT molecular complexity index is 178. The smallest absolute Gasteiger partial charge is 0.123 e. The number of carbonyl (C=O) groups is 4. The fourth-order valence-electron chi connectivity index (χ4n) is 1.29. The summed E-state index contributed by atoms with van der Waals surface area (Å²) in [7, 11) is 0. The molecular formula is C10H14O4. The molecule has 0 aromatic heterocycles. The van der Waals surface area contributed by atoms with Gasteiger partial charge in [0.1, 0.15) is 25.1 Å². The van der Waals surface area contributed by atoms with Gasteiger partial charge in [0.05, 0.1) is 0 Å². The molecule has 4 heteroatoms. The van der Waals surface area contributed by atoms with Crippen LogP contribution in [-0.2, 0) is 19.2 Å². The molecule has 0 radical (unpaired) electrons. The Morgan fingerprint density at radius 3 is 1.29 bits per heavy atom. The number of carbonyl (C=O) groups excluding carboxylic acids is 4. The second-order valence-corrected chi connectivity index (χ2v) is 3.09. The number of hydrogen-bond donors (Lipinski definition) is 0. The normalized spacial score (nSPS) is 14.0. The lowest BCUT2D eigenvalue weighted by Crippen LogP contribution is -2.18. The van der Waals surface area contributed by atoms with E-state index >= 15 is 0 Å². The van der Waals surface area contributed by atoms with Crippen molar-refractivity contribution in [2.24, 2.45) is 11.8 Å². The molecule has 78 valence electrons. The number of aldehydes is 4. The average molecular weight is 198 g/mol. The molecule has 4 nitrogen and oxygen atoms in total. The second kappa shape index (κ2) is 8.29. The number of hydrogen-bond acceptors (Lipinski definition) is 4. The molecule has 0 rings (SSSR count). The van der Waals surface area contributed by atoms with Gasteiger partial charge in [-0.2, -0.15) is 0 Å². The van der Waals surface area contributed by atoms with E-state index in [9.17, 15) is 19.2 Å². The zero-order chi connectivity index (χ0) is 10.8. The molecule has 2 unspecified atom stereocenters. The zero-order valence-corrected chi connectivity index (χ0v) is 7.93. The van der Waals surface area contributed by atoms with Crippen molar-refractivity contribution in [3.8, 4) is 0 Å². The highest BCUT2D eigenvalue weighted by Crippen LogP contribution is 2.17. The second-order valence-electron chi connectivity index (χ2n) is 3.09. The molecule has 0 aliphatic rings. The van der Waals surface area contributed by atoms with Crippen LogP contribution in [0.1, 0.15) is 25.7 Å². The lowest BCUT2D eigenvalue weighted by molar-refractivity contribution is -0.120. The van der Waals surface area contributed by atoms with E-state index in [2.05, 4.69) is 0 Å². The third kappa shape index (κ3) is 4.64. The molecule has 0 aromatic carbocycles. The average Bonchev–Trinajstić information content (AvgIpc) is 2.23. The van der Waals surface area contributed by atoms with Crippen LogP contribution in [0.2, 0.25) is 0 Å². The first-order valence-electron chi connectivity index (χ1n) is 4.58. The van der Waals surface area contributed by atoms with Gasteiger partial charge in [0, 0.05) is 24.7 Å². The maximum Gasteiger partial charge on any atom is 0.123 e. The van der Waals surface area contributed by atoms with Gasteiger partial charge in [0.15, 0.2) is 0 Å². The summed E-state index contributed by atoms with van der Waals surface area (Å²) < 4.78 is 0. The van der Waals surface area contributed by atoms with Crippen LogP contribution in [0.5, 0.6) is 0 Å². The molecule has 0 aromatic rings. The van der Waals surface area contributed by atoms with Gasteiger partial charge in [-0.1, -0.05) is 0 Å². The summed E-state index contributed by atoms with van der Waals surface area (Å²) in [6.07, 6.45) is 4.13. The summed E-state index contributed by atoms with van der Waals surface area (Å²) in [5.74, 6) is -0.865. The topological polar surface area (TPSA) is 68.3 Å². The van der Waals surface area contributed by atoms with Gasteiger partial charge < -0.3 is 19.2 Å². The van der Waals surface area contributed by atoms with Gasteiger partial charge in [-0.25, -0.2) is 0 Å². The molecule has 0 fully saturated rings. The van der Waals surface area contributed by atoms with Gasteiger partial charge in [0.2, 0.25) is 0 Å². The molecule has 0 bridgehead atoms. The minimum Gasteiger partial charge on any atom is -0.303 e. The van der Waals surface area contributed by atoms with Crippen molar-refractivity contribution in [3.05, 3.63) is 0 Å². The van der Waals surface area contributed by atoms with Crippen molar-refractivity contribution in [2.45, 2.75) is 25.7 Å². The Labute approximate surface area is 82.7 Å². The predicted molar refractivity (Wildman–Crippen MR) is 49.7 cm³/mol. The highest BCUT2D eigenvalue weighted by atomic mass is 16.1. The Morgan fingerprint density at radius 2 is 1.07 bits per heavy atom. The third-order valence-corrected chi connectivity index (χ3v) is 2.14.